The van der Waals surface area contributed by atoms with Crippen LogP contribution in [0, 0.1) is 0 Å². The highest BCUT2D eigenvalue weighted by Gasteiger charge is 1.58. The van der Waals surface area contributed by atoms with Crippen molar-refractivity contribution in [2.45, 2.75) is 0 Å². The average Bonchev–Trinajstić information content (AvgIpc) is 2.43. The Balaban J connectivity index is 0.000000162. The zero-order valence-electron chi connectivity index (χ0n) is 5.02. The van der Waals surface area contributed by atoms with E-state index in [4.69, 9.17) is 8.76 Å². The molecule has 3 N–H and O–H groups in total. The van der Waals surface area contributed by atoms with Crippen LogP contribution in [0.15, 0.2) is 22.9 Å². The lowest BCUT2D eigenvalue weighted by Crippen LogP contribution is -2.23. The van der Waals surface area contributed by atoms with E-state index in [2.05, 4.69) is 5.84 Å². The van der Waals surface area contributed by atoms with Gasteiger partial charge in [-0.15, -0.1) is 0 Å². The van der Waals surface area contributed by atoms with E-state index in [0.717, 1.165) is 0 Å². The molecule has 0 saturated heterocycles. The van der Waals surface area contributed by atoms with Crippen LogP contribution in [-0.4, -0.2) is 8.76 Å². The maximum atomic E-state index is 9.13. The Hall–Kier alpha value is -0.270. The van der Waals surface area contributed by atoms with E-state index in [9.17, 15) is 0 Å². The molecule has 0 spiro atoms. The molecule has 1 rings (SSSR count). The highest BCUT2D eigenvalue weighted by molar-refractivity contribution is 7.76. The van der Waals surface area contributed by atoms with Gasteiger partial charge in [0.15, 0.2) is 0 Å². The summed E-state index contributed by atoms with van der Waals surface area (Å²) in [7, 11) is 0. The Morgan fingerprint density at radius 2 is 1.90 bits per heavy atom. The molecule has 0 aromatic carbocycles. The minimum absolute atomic E-state index is 1.44. The molecule has 0 amide bonds. The van der Waals surface area contributed by atoms with Crippen LogP contribution in [0.25, 0.3) is 0 Å². The van der Waals surface area contributed by atoms with Crippen molar-refractivity contribution in [3.05, 3.63) is 22.9 Å². The first-order valence-corrected chi connectivity index (χ1v) is 4.32. The van der Waals surface area contributed by atoms with Crippen LogP contribution in [0.1, 0.15) is 0 Å². The van der Waals surface area contributed by atoms with Crippen molar-refractivity contribution < 1.29 is 8.76 Å². The minimum Gasteiger partial charge on any atom is -0.759 e. The molecule has 0 fully saturated rings. The molecule has 0 saturated carbocycles. The lowest BCUT2D eigenvalue weighted by Gasteiger charge is -1.95. The average molecular weight is 179 g/mol. The highest BCUT2D eigenvalue weighted by atomic mass is 32.2. The third kappa shape index (κ3) is 7.73. The van der Waals surface area contributed by atoms with Gasteiger partial charge in [-0.2, -0.15) is 16.2 Å². The summed E-state index contributed by atoms with van der Waals surface area (Å²) in [5, 5.41) is 4.08. The SMILES string of the molecule is NNS(=O)[O-].c1ccsc1. The van der Waals surface area contributed by atoms with E-state index >= 15 is 0 Å². The summed E-state index contributed by atoms with van der Waals surface area (Å²) in [6, 6.07) is 4.04. The minimum atomic E-state index is -2.29. The van der Waals surface area contributed by atoms with E-state index in [1.54, 1.807) is 11.3 Å². The van der Waals surface area contributed by atoms with Crippen LogP contribution in [0.3, 0.4) is 0 Å². The lowest BCUT2D eigenvalue weighted by molar-refractivity contribution is 0.525. The molecule has 0 radical (unpaired) electrons. The first kappa shape index (κ1) is 9.73. The summed E-state index contributed by atoms with van der Waals surface area (Å²) in [6.07, 6.45) is 0. The van der Waals surface area contributed by atoms with Gasteiger partial charge in [0, 0.05) is 11.3 Å². The van der Waals surface area contributed by atoms with E-state index < -0.39 is 11.3 Å². The second-order valence-electron chi connectivity index (χ2n) is 1.15. The molecule has 1 aromatic rings. The smallest absolute Gasteiger partial charge is 0.0322 e. The fraction of sp³-hybridized carbons (Fsp3) is 0. The molecular formula is C4H7N2O2S2-. The van der Waals surface area contributed by atoms with Crippen LogP contribution < -0.4 is 10.7 Å². The van der Waals surface area contributed by atoms with E-state index in [0.29, 0.717) is 0 Å². The van der Waals surface area contributed by atoms with Crippen LogP contribution in [0.2, 0.25) is 0 Å². The third-order valence-corrected chi connectivity index (χ3v) is 1.34. The van der Waals surface area contributed by atoms with Crippen molar-refractivity contribution in [1.29, 1.82) is 0 Å². The normalized spacial score (nSPS) is 11.4. The number of hydrogen-bond donors (Lipinski definition) is 2. The van der Waals surface area contributed by atoms with Crippen molar-refractivity contribution in [2.24, 2.45) is 5.84 Å². The molecule has 0 bridgehead atoms. The number of hydrogen-bond acceptors (Lipinski definition) is 4. The standard InChI is InChI=1S/C4H4S.H4N2O2S/c1-2-4-5-3-1;1-2-5(3)4/h1-4H;2H,1H2,(H,3,4)/p-1. The maximum absolute atomic E-state index is 9.13. The first-order chi connectivity index (χ1) is 4.77. The van der Waals surface area contributed by atoms with Gasteiger partial charge >= 0.3 is 0 Å². The van der Waals surface area contributed by atoms with Gasteiger partial charge in [0.1, 0.15) is 0 Å². The molecule has 1 heterocycles. The summed E-state index contributed by atoms with van der Waals surface area (Å²) in [5.74, 6) is 4.31. The Morgan fingerprint density at radius 1 is 1.50 bits per heavy atom. The van der Waals surface area contributed by atoms with E-state index in [-0.39, 0.29) is 0 Å². The molecule has 58 valence electrons. The Kier molecular flexibility index (Phi) is 6.66. The molecule has 10 heavy (non-hydrogen) atoms. The maximum Gasteiger partial charge on any atom is 0.0322 e. The second-order valence-corrected chi connectivity index (χ2v) is 2.67. The third-order valence-electron chi connectivity index (χ3n) is 0.522. The molecule has 1 unspecified atom stereocenters. The van der Waals surface area contributed by atoms with Gasteiger partial charge in [0.2, 0.25) is 0 Å². The second kappa shape index (κ2) is 6.84. The van der Waals surface area contributed by atoms with Gasteiger partial charge < -0.3 is 4.55 Å². The van der Waals surface area contributed by atoms with Crippen LogP contribution >= 0.6 is 11.3 Å². The quantitative estimate of drug-likeness (QED) is 0.361. The summed E-state index contributed by atoms with van der Waals surface area (Å²) in [5.41, 5.74) is 0. The molecular weight excluding hydrogens is 172 g/mol. The number of thiophene rings is 1. The van der Waals surface area contributed by atoms with Crippen LogP contribution in [-0.2, 0) is 11.3 Å². The largest absolute Gasteiger partial charge is 0.759 e. The lowest BCUT2D eigenvalue weighted by atomic mass is 10.7. The van der Waals surface area contributed by atoms with Crippen molar-refractivity contribution in [3.8, 4) is 0 Å². The monoisotopic (exact) mass is 179 g/mol. The number of hydrazine groups is 1. The van der Waals surface area contributed by atoms with Gasteiger partial charge in [0.25, 0.3) is 0 Å². The Morgan fingerprint density at radius 3 is 2.00 bits per heavy atom. The van der Waals surface area contributed by atoms with Gasteiger partial charge in [-0.3, -0.25) is 10.1 Å². The fourth-order valence-electron chi connectivity index (χ4n) is 0.227. The van der Waals surface area contributed by atoms with E-state index in [1.807, 2.05) is 22.9 Å². The summed E-state index contributed by atoms with van der Waals surface area (Å²) in [4.78, 5) is 1.44. The summed E-state index contributed by atoms with van der Waals surface area (Å²) >= 11 is -0.582. The topological polar surface area (TPSA) is 78.2 Å². The predicted molar refractivity (Wildman–Crippen MR) is 40.6 cm³/mol. The predicted octanol–water partition coefficient (Wildman–Crippen LogP) is -0.00810. The number of nitrogens with one attached hydrogen (secondary N) is 1. The molecule has 1 atom stereocenters. The van der Waals surface area contributed by atoms with Gasteiger partial charge in [-0.05, 0) is 10.8 Å². The van der Waals surface area contributed by atoms with Crippen LogP contribution in [0.5, 0.6) is 0 Å². The zero-order chi connectivity index (χ0) is 7.82. The van der Waals surface area contributed by atoms with Gasteiger partial charge in [-0.25, -0.2) is 0 Å². The molecule has 4 nitrogen and oxygen atoms in total. The number of nitrogens with two attached hydrogens (primary N) is 1. The van der Waals surface area contributed by atoms with E-state index in [1.165, 1.54) is 4.83 Å². The fourth-order valence-corrected chi connectivity index (χ4v) is 0.680. The molecule has 1 aromatic heterocycles. The molecule has 0 aliphatic rings. The highest BCUT2D eigenvalue weighted by Crippen LogP contribution is 1.91. The molecule has 0 aliphatic carbocycles. The summed E-state index contributed by atoms with van der Waals surface area (Å²) in [6.45, 7) is 0. The molecule has 0 aliphatic heterocycles. The van der Waals surface area contributed by atoms with Crippen molar-refractivity contribution in [2.75, 3.05) is 0 Å². The first-order valence-electron chi connectivity index (χ1n) is 2.30. The zero-order valence-corrected chi connectivity index (χ0v) is 6.65. The van der Waals surface area contributed by atoms with Gasteiger partial charge in [-0.1, -0.05) is 12.1 Å². The summed E-state index contributed by atoms with van der Waals surface area (Å²) < 4.78 is 18.3. The van der Waals surface area contributed by atoms with Crippen LogP contribution in [0.4, 0.5) is 0 Å². The van der Waals surface area contributed by atoms with Crippen molar-refractivity contribution >= 4 is 22.6 Å². The number of rotatable bonds is 1. The van der Waals surface area contributed by atoms with Gasteiger partial charge in [0.05, 0.1) is 0 Å². The van der Waals surface area contributed by atoms with Crippen molar-refractivity contribution in [1.82, 2.24) is 4.83 Å². The van der Waals surface area contributed by atoms with Crippen molar-refractivity contribution in [3.63, 3.8) is 0 Å². The Bertz CT molecular complexity index is 149. The Labute approximate surface area is 65.5 Å². The molecule has 6 heteroatoms.